The van der Waals surface area contributed by atoms with Crippen molar-refractivity contribution in [2.24, 2.45) is 5.92 Å². The van der Waals surface area contributed by atoms with Crippen molar-refractivity contribution >= 4 is 0 Å². The fraction of sp³-hybridized carbons (Fsp3) is 0.611. The van der Waals surface area contributed by atoms with Crippen molar-refractivity contribution in [3.8, 4) is 6.07 Å². The molecule has 2 rings (SSSR count). The normalized spacial score (nSPS) is 27.8. The van der Waals surface area contributed by atoms with Crippen LogP contribution in [0.3, 0.4) is 0 Å². The summed E-state index contributed by atoms with van der Waals surface area (Å²) in [4.78, 5) is 0. The Morgan fingerprint density at radius 1 is 1.40 bits per heavy atom. The molecule has 1 aromatic carbocycles. The van der Waals surface area contributed by atoms with Crippen LogP contribution in [0.1, 0.15) is 56.6 Å². The smallest absolute Gasteiger partial charge is 0.0654 e. The highest BCUT2D eigenvalue weighted by Gasteiger charge is 2.35. The lowest BCUT2D eigenvalue weighted by atomic mass is 9.74. The first-order valence-electron chi connectivity index (χ1n) is 7.65. The van der Waals surface area contributed by atoms with E-state index in [0.29, 0.717) is 18.3 Å². The van der Waals surface area contributed by atoms with Gasteiger partial charge in [0.15, 0.2) is 0 Å². The molecule has 1 aliphatic heterocycles. The minimum atomic E-state index is -0.0126. The number of nitrogens with zero attached hydrogens (tertiary/aromatic N) is 1. The highest BCUT2D eigenvalue weighted by Crippen LogP contribution is 2.41. The van der Waals surface area contributed by atoms with Gasteiger partial charge in [-0.2, -0.15) is 5.26 Å². The second-order valence-corrected chi connectivity index (χ2v) is 6.28. The lowest BCUT2D eigenvalue weighted by Crippen LogP contribution is -2.38. The van der Waals surface area contributed by atoms with Gasteiger partial charge in [0.1, 0.15) is 0 Å². The Kier molecular flexibility index (Phi) is 4.83. The molecule has 1 heterocycles. The summed E-state index contributed by atoms with van der Waals surface area (Å²) in [6.45, 7) is 7.32. The quantitative estimate of drug-likeness (QED) is 0.802. The van der Waals surface area contributed by atoms with Crippen LogP contribution in [-0.2, 0) is 4.74 Å². The lowest BCUT2D eigenvalue weighted by Gasteiger charge is -2.40. The first-order chi connectivity index (χ1) is 9.58. The molecule has 1 aliphatic rings. The van der Waals surface area contributed by atoms with E-state index in [4.69, 9.17) is 4.74 Å². The molecule has 0 saturated carbocycles. The molecular weight excluding hydrogens is 246 g/mol. The maximum atomic E-state index is 9.19. The molecule has 1 saturated heterocycles. The van der Waals surface area contributed by atoms with Gasteiger partial charge in [-0.1, -0.05) is 36.8 Å². The molecule has 0 aliphatic carbocycles. The summed E-state index contributed by atoms with van der Waals surface area (Å²) in [6, 6.07) is 11.1. The van der Waals surface area contributed by atoms with E-state index in [-0.39, 0.29) is 5.60 Å². The van der Waals surface area contributed by atoms with Gasteiger partial charge in [-0.25, -0.2) is 0 Å². The van der Waals surface area contributed by atoms with Gasteiger partial charge in [-0.05, 0) is 50.5 Å². The molecule has 0 bridgehead atoms. The Morgan fingerprint density at radius 3 is 2.70 bits per heavy atom. The lowest BCUT2D eigenvalue weighted by molar-refractivity contribution is -0.0909. The Hall–Kier alpha value is -1.33. The number of hydrogen-bond donors (Lipinski definition) is 0. The van der Waals surface area contributed by atoms with Crippen LogP contribution in [-0.4, -0.2) is 12.2 Å². The van der Waals surface area contributed by atoms with Crippen LogP contribution >= 0.6 is 0 Å². The van der Waals surface area contributed by atoms with Gasteiger partial charge in [0.2, 0.25) is 0 Å². The van der Waals surface area contributed by atoms with Crippen LogP contribution in [0.4, 0.5) is 0 Å². The molecule has 0 radical (unpaired) electrons. The average molecular weight is 271 g/mol. The van der Waals surface area contributed by atoms with E-state index in [1.54, 1.807) is 0 Å². The van der Waals surface area contributed by atoms with E-state index in [9.17, 15) is 5.26 Å². The van der Waals surface area contributed by atoms with Gasteiger partial charge in [-0.3, -0.25) is 0 Å². The molecule has 0 aromatic heterocycles. The summed E-state index contributed by atoms with van der Waals surface area (Å²) in [5.74, 6) is 0.895. The van der Waals surface area contributed by atoms with Gasteiger partial charge >= 0.3 is 0 Å². The summed E-state index contributed by atoms with van der Waals surface area (Å²) in [5, 5.41) is 9.19. The highest BCUT2D eigenvalue weighted by atomic mass is 16.5. The van der Waals surface area contributed by atoms with E-state index in [1.807, 2.05) is 0 Å². The van der Waals surface area contributed by atoms with Crippen molar-refractivity contribution in [1.29, 1.82) is 5.26 Å². The number of aryl methyl sites for hydroxylation is 1. The van der Waals surface area contributed by atoms with Crippen LogP contribution in [0.5, 0.6) is 0 Å². The minimum absolute atomic E-state index is 0.0126. The standard InChI is InChI=1S/C18H25NO/c1-4-18(3)13-16(10-12-20-18)17(9-11-19)15-7-5-14(2)6-8-15/h5-8,16-17H,4,9-10,12-13H2,1-3H3/t16-,17-,18-/m1/s1. The molecule has 0 amide bonds. The molecule has 2 nitrogen and oxygen atoms in total. The predicted octanol–water partition coefficient (Wildman–Crippen LogP) is 4.59. The van der Waals surface area contributed by atoms with Crippen LogP contribution < -0.4 is 0 Å². The molecule has 108 valence electrons. The van der Waals surface area contributed by atoms with Crippen molar-refractivity contribution in [3.05, 3.63) is 35.4 Å². The molecule has 3 atom stereocenters. The van der Waals surface area contributed by atoms with Crippen LogP contribution in [0.15, 0.2) is 24.3 Å². The summed E-state index contributed by atoms with van der Waals surface area (Å²) >= 11 is 0. The van der Waals surface area contributed by atoms with Crippen LogP contribution in [0.2, 0.25) is 0 Å². The fourth-order valence-corrected chi connectivity index (χ4v) is 3.23. The average Bonchev–Trinajstić information content (AvgIpc) is 2.46. The Bertz CT molecular complexity index is 473. The summed E-state index contributed by atoms with van der Waals surface area (Å²) in [6.07, 6.45) is 3.77. The Morgan fingerprint density at radius 2 is 2.10 bits per heavy atom. The van der Waals surface area contributed by atoms with Crippen molar-refractivity contribution in [3.63, 3.8) is 0 Å². The highest BCUT2D eigenvalue weighted by molar-refractivity contribution is 5.26. The number of benzene rings is 1. The van der Waals surface area contributed by atoms with E-state index >= 15 is 0 Å². The summed E-state index contributed by atoms with van der Waals surface area (Å²) in [5.41, 5.74) is 2.57. The third-order valence-electron chi connectivity index (χ3n) is 4.77. The zero-order valence-corrected chi connectivity index (χ0v) is 12.9. The van der Waals surface area contributed by atoms with E-state index in [0.717, 1.165) is 25.9 Å². The van der Waals surface area contributed by atoms with Gasteiger partial charge in [0.05, 0.1) is 11.7 Å². The van der Waals surface area contributed by atoms with Gasteiger partial charge < -0.3 is 4.74 Å². The number of rotatable bonds is 4. The monoisotopic (exact) mass is 271 g/mol. The maximum absolute atomic E-state index is 9.19. The van der Waals surface area contributed by atoms with Gasteiger partial charge in [-0.15, -0.1) is 0 Å². The van der Waals surface area contributed by atoms with E-state index in [2.05, 4.69) is 51.1 Å². The molecular formula is C18H25NO. The first-order valence-corrected chi connectivity index (χ1v) is 7.65. The minimum Gasteiger partial charge on any atom is -0.375 e. The number of nitriles is 1. The molecule has 0 N–H and O–H groups in total. The third kappa shape index (κ3) is 3.41. The molecule has 2 heteroatoms. The van der Waals surface area contributed by atoms with Crippen molar-refractivity contribution < 1.29 is 4.74 Å². The maximum Gasteiger partial charge on any atom is 0.0654 e. The second kappa shape index (κ2) is 6.41. The van der Waals surface area contributed by atoms with Crippen molar-refractivity contribution in [2.75, 3.05) is 6.61 Å². The number of ether oxygens (including phenoxy) is 1. The molecule has 1 fully saturated rings. The third-order valence-corrected chi connectivity index (χ3v) is 4.77. The SMILES string of the molecule is CC[C@]1(C)C[C@H]([C@H](CC#N)c2ccc(C)cc2)CCO1. The Labute approximate surface area is 122 Å². The van der Waals surface area contributed by atoms with E-state index in [1.165, 1.54) is 11.1 Å². The predicted molar refractivity (Wildman–Crippen MR) is 81.5 cm³/mol. The van der Waals surface area contributed by atoms with Crippen molar-refractivity contribution in [2.45, 2.75) is 58.0 Å². The molecule has 0 spiro atoms. The van der Waals surface area contributed by atoms with Crippen LogP contribution in [0.25, 0.3) is 0 Å². The zero-order chi connectivity index (χ0) is 14.6. The van der Waals surface area contributed by atoms with Gasteiger partial charge in [0.25, 0.3) is 0 Å². The topological polar surface area (TPSA) is 33.0 Å². The fourth-order valence-electron chi connectivity index (χ4n) is 3.23. The summed E-state index contributed by atoms with van der Waals surface area (Å²) in [7, 11) is 0. The second-order valence-electron chi connectivity index (χ2n) is 6.28. The molecule has 1 aromatic rings. The van der Waals surface area contributed by atoms with Crippen molar-refractivity contribution in [1.82, 2.24) is 0 Å². The van der Waals surface area contributed by atoms with Crippen LogP contribution in [0, 0.1) is 24.2 Å². The number of hydrogen-bond acceptors (Lipinski definition) is 2. The molecule has 0 unspecified atom stereocenters. The van der Waals surface area contributed by atoms with Gasteiger partial charge in [0, 0.05) is 13.0 Å². The Balaban J connectivity index is 2.20. The zero-order valence-electron chi connectivity index (χ0n) is 12.9. The first kappa shape index (κ1) is 15.1. The largest absolute Gasteiger partial charge is 0.375 e. The summed E-state index contributed by atoms with van der Waals surface area (Å²) < 4.78 is 5.95. The van der Waals surface area contributed by atoms with E-state index < -0.39 is 0 Å². The molecule has 20 heavy (non-hydrogen) atoms.